The van der Waals surface area contributed by atoms with Crippen molar-refractivity contribution in [1.82, 2.24) is 5.32 Å². The van der Waals surface area contributed by atoms with Gasteiger partial charge < -0.3 is 11.1 Å². The first kappa shape index (κ1) is 12.2. The Kier molecular flexibility index (Phi) is 4.79. The first-order valence-corrected chi connectivity index (χ1v) is 5.61. The number of nitrogens with two attached hydrogens (primary N) is 1. The van der Waals surface area contributed by atoms with Crippen LogP contribution in [-0.2, 0) is 6.54 Å². The zero-order valence-corrected chi connectivity index (χ0v) is 9.79. The Balaban J connectivity index is 2.08. The molecule has 0 heterocycles. The van der Waals surface area contributed by atoms with Crippen LogP contribution in [0.25, 0.3) is 0 Å². The summed E-state index contributed by atoms with van der Waals surface area (Å²) in [6.45, 7) is 6.13. The molecule has 0 aliphatic rings. The maximum absolute atomic E-state index is 5.90. The summed E-state index contributed by atoms with van der Waals surface area (Å²) in [5, 5.41) is 3.42. The zero-order valence-electron chi connectivity index (χ0n) is 9.79. The molecule has 0 saturated carbocycles. The van der Waals surface area contributed by atoms with E-state index in [1.807, 2.05) is 6.07 Å². The summed E-state index contributed by atoms with van der Waals surface area (Å²) in [6.07, 6.45) is 2.20. The summed E-state index contributed by atoms with van der Waals surface area (Å²) in [5.74, 6) is 0. The van der Waals surface area contributed by atoms with Crippen LogP contribution in [0, 0.1) is 0 Å². The lowest BCUT2D eigenvalue weighted by Crippen LogP contribution is -2.32. The van der Waals surface area contributed by atoms with Crippen LogP contribution in [0.3, 0.4) is 0 Å². The molecular formula is C13H22N2. The molecule has 0 atom stereocenters. The van der Waals surface area contributed by atoms with Crippen molar-refractivity contribution in [2.24, 2.45) is 5.73 Å². The van der Waals surface area contributed by atoms with Gasteiger partial charge in [0.1, 0.15) is 0 Å². The largest absolute Gasteiger partial charge is 0.326 e. The lowest BCUT2D eigenvalue weighted by Gasteiger charge is -2.17. The molecule has 0 amide bonds. The fourth-order valence-corrected chi connectivity index (χ4v) is 1.50. The molecule has 0 unspecified atom stereocenters. The molecule has 0 radical (unpaired) electrons. The minimum absolute atomic E-state index is 0.0333. The average molecular weight is 206 g/mol. The highest BCUT2D eigenvalue weighted by Crippen LogP contribution is 2.06. The molecule has 3 N–H and O–H groups in total. The third-order valence-electron chi connectivity index (χ3n) is 2.35. The third kappa shape index (κ3) is 6.26. The number of rotatable bonds is 6. The average Bonchev–Trinajstić information content (AvgIpc) is 2.17. The summed E-state index contributed by atoms with van der Waals surface area (Å²) in [4.78, 5) is 0. The van der Waals surface area contributed by atoms with Gasteiger partial charge in [0.15, 0.2) is 0 Å². The summed E-state index contributed by atoms with van der Waals surface area (Å²) >= 11 is 0. The molecule has 0 saturated heterocycles. The summed E-state index contributed by atoms with van der Waals surface area (Å²) < 4.78 is 0. The summed E-state index contributed by atoms with van der Waals surface area (Å²) in [5.41, 5.74) is 7.21. The van der Waals surface area contributed by atoms with Crippen LogP contribution in [0.1, 0.15) is 32.3 Å². The van der Waals surface area contributed by atoms with E-state index in [1.54, 1.807) is 0 Å². The molecule has 1 aromatic rings. The van der Waals surface area contributed by atoms with Crippen LogP contribution in [0.4, 0.5) is 0 Å². The molecular weight excluding hydrogens is 184 g/mol. The van der Waals surface area contributed by atoms with Gasteiger partial charge in [-0.2, -0.15) is 0 Å². The molecule has 2 heteroatoms. The van der Waals surface area contributed by atoms with Crippen LogP contribution in [0.15, 0.2) is 30.3 Å². The Bertz CT molecular complexity index is 262. The van der Waals surface area contributed by atoms with Crippen molar-refractivity contribution >= 4 is 0 Å². The van der Waals surface area contributed by atoms with Crippen LogP contribution in [0.2, 0.25) is 0 Å². The molecule has 1 rings (SSSR count). The molecule has 15 heavy (non-hydrogen) atoms. The van der Waals surface area contributed by atoms with E-state index in [-0.39, 0.29) is 5.54 Å². The molecule has 2 nitrogen and oxygen atoms in total. The normalized spacial score (nSPS) is 11.7. The lowest BCUT2D eigenvalue weighted by molar-refractivity contribution is 0.448. The standard InChI is InChI=1S/C13H22N2/c1-13(2,14)9-6-10-15-11-12-7-4-3-5-8-12/h3-5,7-8,15H,6,9-11,14H2,1-2H3. The number of hydrogen-bond donors (Lipinski definition) is 2. The molecule has 1 aromatic carbocycles. The van der Waals surface area contributed by atoms with Crippen molar-refractivity contribution in [3.63, 3.8) is 0 Å². The van der Waals surface area contributed by atoms with Gasteiger partial charge in [0.2, 0.25) is 0 Å². The van der Waals surface area contributed by atoms with Gasteiger partial charge in [-0.05, 0) is 38.8 Å². The van der Waals surface area contributed by atoms with E-state index in [2.05, 4.69) is 43.4 Å². The second kappa shape index (κ2) is 5.89. The fraction of sp³-hybridized carbons (Fsp3) is 0.538. The summed E-state index contributed by atoms with van der Waals surface area (Å²) in [6, 6.07) is 10.5. The summed E-state index contributed by atoms with van der Waals surface area (Å²) in [7, 11) is 0. The monoisotopic (exact) mass is 206 g/mol. The quantitative estimate of drug-likeness (QED) is 0.701. The molecule has 84 valence electrons. The lowest BCUT2D eigenvalue weighted by atomic mass is 10.0. The predicted octanol–water partition coefficient (Wildman–Crippen LogP) is 2.29. The second-order valence-electron chi connectivity index (χ2n) is 4.75. The first-order chi connectivity index (χ1) is 7.08. The molecule has 0 aliphatic heterocycles. The third-order valence-corrected chi connectivity index (χ3v) is 2.35. The van der Waals surface area contributed by atoms with Crippen molar-refractivity contribution in [3.05, 3.63) is 35.9 Å². The SMILES string of the molecule is CC(C)(N)CCCNCc1ccccc1. The van der Waals surface area contributed by atoms with Crippen molar-refractivity contribution in [1.29, 1.82) is 0 Å². The van der Waals surface area contributed by atoms with Crippen LogP contribution >= 0.6 is 0 Å². The second-order valence-corrected chi connectivity index (χ2v) is 4.75. The Labute approximate surface area is 92.9 Å². The highest BCUT2D eigenvalue weighted by Gasteiger charge is 2.08. The van der Waals surface area contributed by atoms with Gasteiger partial charge in [-0.15, -0.1) is 0 Å². The molecule has 0 aliphatic carbocycles. The Hall–Kier alpha value is -0.860. The minimum Gasteiger partial charge on any atom is -0.326 e. The van der Waals surface area contributed by atoms with E-state index in [9.17, 15) is 0 Å². The van der Waals surface area contributed by atoms with Gasteiger partial charge in [0.05, 0.1) is 0 Å². The van der Waals surface area contributed by atoms with Crippen molar-refractivity contribution in [2.45, 2.75) is 38.8 Å². The van der Waals surface area contributed by atoms with Crippen LogP contribution < -0.4 is 11.1 Å². The highest BCUT2D eigenvalue weighted by atomic mass is 14.8. The first-order valence-electron chi connectivity index (χ1n) is 5.61. The van der Waals surface area contributed by atoms with E-state index in [4.69, 9.17) is 5.73 Å². The zero-order chi connectivity index (χ0) is 11.1. The molecule has 0 aromatic heterocycles. The molecule has 0 fully saturated rings. The Morgan fingerprint density at radius 3 is 2.47 bits per heavy atom. The fourth-order valence-electron chi connectivity index (χ4n) is 1.50. The van der Waals surface area contributed by atoms with E-state index >= 15 is 0 Å². The predicted molar refractivity (Wildman–Crippen MR) is 65.6 cm³/mol. The van der Waals surface area contributed by atoms with Gasteiger partial charge in [-0.3, -0.25) is 0 Å². The topological polar surface area (TPSA) is 38.0 Å². The minimum atomic E-state index is -0.0333. The van der Waals surface area contributed by atoms with Crippen LogP contribution in [0.5, 0.6) is 0 Å². The van der Waals surface area contributed by atoms with E-state index < -0.39 is 0 Å². The van der Waals surface area contributed by atoms with Gasteiger partial charge >= 0.3 is 0 Å². The molecule has 0 bridgehead atoms. The number of hydrogen-bond acceptors (Lipinski definition) is 2. The van der Waals surface area contributed by atoms with Crippen molar-refractivity contribution in [3.8, 4) is 0 Å². The van der Waals surface area contributed by atoms with Crippen LogP contribution in [-0.4, -0.2) is 12.1 Å². The maximum Gasteiger partial charge on any atom is 0.0205 e. The van der Waals surface area contributed by atoms with E-state index in [1.165, 1.54) is 5.56 Å². The van der Waals surface area contributed by atoms with Gasteiger partial charge in [-0.25, -0.2) is 0 Å². The number of nitrogens with one attached hydrogen (secondary N) is 1. The van der Waals surface area contributed by atoms with E-state index in [0.717, 1.165) is 25.9 Å². The smallest absolute Gasteiger partial charge is 0.0205 e. The van der Waals surface area contributed by atoms with Crippen molar-refractivity contribution < 1.29 is 0 Å². The highest BCUT2D eigenvalue weighted by molar-refractivity contribution is 5.14. The van der Waals surface area contributed by atoms with Gasteiger partial charge in [-0.1, -0.05) is 30.3 Å². The number of benzene rings is 1. The van der Waals surface area contributed by atoms with E-state index in [0.29, 0.717) is 0 Å². The van der Waals surface area contributed by atoms with Crippen molar-refractivity contribution in [2.75, 3.05) is 6.54 Å². The van der Waals surface area contributed by atoms with Gasteiger partial charge in [0.25, 0.3) is 0 Å². The Morgan fingerprint density at radius 2 is 1.87 bits per heavy atom. The Morgan fingerprint density at radius 1 is 1.20 bits per heavy atom. The van der Waals surface area contributed by atoms with Gasteiger partial charge in [0, 0.05) is 12.1 Å². The molecule has 0 spiro atoms. The maximum atomic E-state index is 5.90.